The summed E-state index contributed by atoms with van der Waals surface area (Å²) in [6.45, 7) is 1.53. The summed E-state index contributed by atoms with van der Waals surface area (Å²) in [4.78, 5) is 24.3. The van der Waals surface area contributed by atoms with Gasteiger partial charge in [0.15, 0.2) is 6.10 Å². The van der Waals surface area contributed by atoms with Crippen molar-refractivity contribution < 1.29 is 14.3 Å². The van der Waals surface area contributed by atoms with Gasteiger partial charge in [-0.25, -0.2) is 4.79 Å². The molecule has 0 spiro atoms. The fraction of sp³-hybridized carbons (Fsp3) is 0.100. The van der Waals surface area contributed by atoms with Crippen LogP contribution in [0.3, 0.4) is 0 Å². The van der Waals surface area contributed by atoms with E-state index in [0.29, 0.717) is 16.9 Å². The number of carbonyl (C=O) groups excluding carboxylic acids is 2. The first-order valence-electron chi connectivity index (χ1n) is 7.89. The second kappa shape index (κ2) is 7.05. The second-order valence-corrected chi connectivity index (χ2v) is 5.72. The van der Waals surface area contributed by atoms with Crippen LogP contribution in [-0.4, -0.2) is 18.0 Å². The highest BCUT2D eigenvalue weighted by Gasteiger charge is 2.19. The van der Waals surface area contributed by atoms with Crippen LogP contribution >= 0.6 is 0 Å². The van der Waals surface area contributed by atoms with Crippen LogP contribution in [0, 0.1) is 0 Å². The molecule has 0 aliphatic rings. The minimum atomic E-state index is -0.920. The molecule has 1 atom stereocenters. The Labute approximate surface area is 145 Å². The summed E-state index contributed by atoms with van der Waals surface area (Å²) >= 11 is 0. The van der Waals surface area contributed by atoms with E-state index in [1.807, 2.05) is 42.5 Å². The maximum absolute atomic E-state index is 12.3. The molecule has 0 aliphatic heterocycles. The van der Waals surface area contributed by atoms with Crippen LogP contribution in [0.15, 0.2) is 66.7 Å². The van der Waals surface area contributed by atoms with Gasteiger partial charge in [-0.2, -0.15) is 0 Å². The third kappa shape index (κ3) is 3.95. The molecule has 0 radical (unpaired) electrons. The average Bonchev–Trinajstić information content (AvgIpc) is 2.62. The third-order valence-corrected chi connectivity index (χ3v) is 3.82. The second-order valence-electron chi connectivity index (χ2n) is 5.72. The van der Waals surface area contributed by atoms with Gasteiger partial charge in [0.25, 0.3) is 5.91 Å². The van der Waals surface area contributed by atoms with E-state index in [4.69, 9.17) is 10.5 Å². The predicted molar refractivity (Wildman–Crippen MR) is 98.3 cm³/mol. The number of benzene rings is 3. The number of nitrogen functional groups attached to an aromatic ring is 1. The summed E-state index contributed by atoms with van der Waals surface area (Å²) in [6, 6.07) is 19.8. The van der Waals surface area contributed by atoms with Crippen molar-refractivity contribution in [3.63, 3.8) is 0 Å². The van der Waals surface area contributed by atoms with Crippen molar-refractivity contribution in [3.05, 3.63) is 72.3 Å². The lowest BCUT2D eigenvalue weighted by molar-refractivity contribution is -0.123. The Hall–Kier alpha value is -3.34. The molecule has 126 valence electrons. The van der Waals surface area contributed by atoms with Gasteiger partial charge < -0.3 is 15.8 Å². The lowest BCUT2D eigenvalue weighted by Crippen LogP contribution is -2.30. The fourth-order valence-corrected chi connectivity index (χ4v) is 2.41. The molecule has 5 heteroatoms. The Morgan fingerprint density at radius 2 is 1.64 bits per heavy atom. The van der Waals surface area contributed by atoms with Crippen LogP contribution in [0.4, 0.5) is 11.4 Å². The lowest BCUT2D eigenvalue weighted by Gasteiger charge is -2.14. The van der Waals surface area contributed by atoms with Crippen molar-refractivity contribution in [3.8, 4) is 0 Å². The zero-order chi connectivity index (χ0) is 17.8. The predicted octanol–water partition coefficient (Wildman–Crippen LogP) is 3.61. The third-order valence-electron chi connectivity index (χ3n) is 3.82. The quantitative estimate of drug-likeness (QED) is 0.564. The van der Waals surface area contributed by atoms with E-state index in [0.717, 1.165) is 10.8 Å². The molecule has 0 heterocycles. The van der Waals surface area contributed by atoms with E-state index in [-0.39, 0.29) is 5.91 Å². The maximum Gasteiger partial charge on any atom is 0.338 e. The van der Waals surface area contributed by atoms with Crippen molar-refractivity contribution >= 4 is 34.0 Å². The number of rotatable bonds is 4. The Morgan fingerprint density at radius 1 is 0.960 bits per heavy atom. The van der Waals surface area contributed by atoms with Crippen LogP contribution < -0.4 is 11.1 Å². The normalized spacial score (nSPS) is 11.7. The standard InChI is InChI=1S/C20H18N2O3/c1-13(25-20(24)15-6-9-17(21)10-7-15)19(23)22-18-11-8-14-4-2-3-5-16(14)12-18/h2-13H,21H2,1H3,(H,22,23)/t13-/m1/s1. The van der Waals surface area contributed by atoms with Crippen LogP contribution in [0.1, 0.15) is 17.3 Å². The van der Waals surface area contributed by atoms with E-state index >= 15 is 0 Å². The fourth-order valence-electron chi connectivity index (χ4n) is 2.41. The van der Waals surface area contributed by atoms with Gasteiger partial charge in [-0.3, -0.25) is 4.79 Å². The number of nitrogens with one attached hydrogen (secondary N) is 1. The van der Waals surface area contributed by atoms with Crippen molar-refractivity contribution in [1.29, 1.82) is 0 Å². The molecule has 0 unspecified atom stereocenters. The number of hydrogen-bond acceptors (Lipinski definition) is 4. The molecule has 3 aromatic rings. The number of hydrogen-bond donors (Lipinski definition) is 2. The van der Waals surface area contributed by atoms with Gasteiger partial charge in [-0.15, -0.1) is 0 Å². The Balaban J connectivity index is 1.65. The van der Waals surface area contributed by atoms with Crippen molar-refractivity contribution in [2.75, 3.05) is 11.1 Å². The molecular formula is C20H18N2O3. The van der Waals surface area contributed by atoms with Gasteiger partial charge in [-0.05, 0) is 54.1 Å². The summed E-state index contributed by atoms with van der Waals surface area (Å²) < 4.78 is 5.21. The number of anilines is 2. The number of amides is 1. The zero-order valence-electron chi connectivity index (χ0n) is 13.7. The van der Waals surface area contributed by atoms with E-state index in [2.05, 4.69) is 5.32 Å². The average molecular weight is 334 g/mol. The summed E-state index contributed by atoms with van der Waals surface area (Å²) in [5.41, 5.74) is 7.14. The molecule has 25 heavy (non-hydrogen) atoms. The molecule has 3 rings (SSSR count). The molecule has 1 amide bonds. The summed E-state index contributed by atoms with van der Waals surface area (Å²) in [6.07, 6.45) is -0.920. The molecule has 3 N–H and O–H groups in total. The van der Waals surface area contributed by atoms with E-state index in [1.165, 1.54) is 6.92 Å². The van der Waals surface area contributed by atoms with E-state index in [1.54, 1.807) is 24.3 Å². The molecule has 5 nitrogen and oxygen atoms in total. The van der Waals surface area contributed by atoms with E-state index in [9.17, 15) is 9.59 Å². The van der Waals surface area contributed by atoms with Gasteiger partial charge in [0, 0.05) is 11.4 Å². The minimum absolute atomic E-state index is 0.347. The molecular weight excluding hydrogens is 316 g/mol. The highest BCUT2D eigenvalue weighted by atomic mass is 16.5. The number of ether oxygens (including phenoxy) is 1. The molecule has 0 aromatic heterocycles. The van der Waals surface area contributed by atoms with Crippen molar-refractivity contribution in [2.24, 2.45) is 0 Å². The highest BCUT2D eigenvalue weighted by molar-refractivity contribution is 5.99. The SMILES string of the molecule is C[C@@H](OC(=O)c1ccc(N)cc1)C(=O)Nc1ccc2ccccc2c1. The number of fused-ring (bicyclic) bond motifs is 1. The van der Waals surface area contributed by atoms with Crippen LogP contribution in [0.5, 0.6) is 0 Å². The van der Waals surface area contributed by atoms with Crippen molar-refractivity contribution in [1.82, 2.24) is 0 Å². The van der Waals surface area contributed by atoms with Gasteiger partial charge in [0.2, 0.25) is 0 Å². The molecule has 0 aliphatic carbocycles. The van der Waals surface area contributed by atoms with E-state index < -0.39 is 12.1 Å². The zero-order valence-corrected chi connectivity index (χ0v) is 13.7. The van der Waals surface area contributed by atoms with Crippen LogP contribution in [0.2, 0.25) is 0 Å². The Bertz CT molecular complexity index is 920. The topological polar surface area (TPSA) is 81.4 Å². The van der Waals surface area contributed by atoms with Gasteiger partial charge in [0.1, 0.15) is 0 Å². The molecule has 3 aromatic carbocycles. The first-order valence-corrected chi connectivity index (χ1v) is 7.89. The highest BCUT2D eigenvalue weighted by Crippen LogP contribution is 2.19. The van der Waals surface area contributed by atoms with Crippen LogP contribution in [0.25, 0.3) is 10.8 Å². The number of nitrogens with two attached hydrogens (primary N) is 1. The molecule has 0 fully saturated rings. The number of carbonyl (C=O) groups is 2. The van der Waals surface area contributed by atoms with Gasteiger partial charge in [-0.1, -0.05) is 30.3 Å². The smallest absolute Gasteiger partial charge is 0.338 e. The van der Waals surface area contributed by atoms with Crippen molar-refractivity contribution in [2.45, 2.75) is 13.0 Å². The number of esters is 1. The molecule has 0 bridgehead atoms. The molecule has 0 saturated heterocycles. The maximum atomic E-state index is 12.3. The lowest BCUT2D eigenvalue weighted by atomic mass is 10.1. The first kappa shape index (κ1) is 16.5. The Morgan fingerprint density at radius 3 is 2.36 bits per heavy atom. The molecule has 0 saturated carbocycles. The van der Waals surface area contributed by atoms with Gasteiger partial charge in [0.05, 0.1) is 5.56 Å². The van der Waals surface area contributed by atoms with Crippen LogP contribution in [-0.2, 0) is 9.53 Å². The monoisotopic (exact) mass is 334 g/mol. The Kier molecular flexibility index (Phi) is 4.66. The van der Waals surface area contributed by atoms with Gasteiger partial charge >= 0.3 is 5.97 Å². The first-order chi connectivity index (χ1) is 12.0. The largest absolute Gasteiger partial charge is 0.449 e. The summed E-state index contributed by atoms with van der Waals surface area (Å²) in [5.74, 6) is -0.958. The summed E-state index contributed by atoms with van der Waals surface area (Å²) in [5, 5.41) is 4.87. The minimum Gasteiger partial charge on any atom is -0.449 e. The summed E-state index contributed by atoms with van der Waals surface area (Å²) in [7, 11) is 0.